The molecular weight excluding hydrogens is 585 g/mol. The van der Waals surface area contributed by atoms with E-state index in [2.05, 4.69) is 29.5 Å². The van der Waals surface area contributed by atoms with E-state index in [-0.39, 0.29) is 16.1 Å². The lowest BCUT2D eigenvalue weighted by molar-refractivity contribution is -0.136. The molecule has 0 amide bonds. The lowest BCUT2D eigenvalue weighted by atomic mass is 9.90. The molecule has 3 atom stereocenters. The van der Waals surface area contributed by atoms with Gasteiger partial charge in [0.2, 0.25) is 0 Å². The van der Waals surface area contributed by atoms with E-state index in [1.54, 1.807) is 12.1 Å². The molecule has 1 aromatic carbocycles. The van der Waals surface area contributed by atoms with E-state index in [1.807, 2.05) is 0 Å². The van der Waals surface area contributed by atoms with Crippen molar-refractivity contribution in [3.63, 3.8) is 0 Å². The van der Waals surface area contributed by atoms with Gasteiger partial charge in [0.25, 0.3) is 0 Å². The first-order valence-electron chi connectivity index (χ1n) is 14.7. The molecule has 0 fully saturated rings. The predicted octanol–water partition coefficient (Wildman–Crippen LogP) is 10.4. The van der Waals surface area contributed by atoms with E-state index in [9.17, 15) is 18.7 Å². The number of rotatable bonds is 23. The average molecular weight is 637 g/mol. The number of benzene rings is 1. The van der Waals surface area contributed by atoms with Crippen LogP contribution in [0.25, 0.3) is 0 Å². The number of unbranched alkanes of at least 4 members (excludes halogenated alkanes) is 10. The van der Waals surface area contributed by atoms with Gasteiger partial charge in [-0.15, -0.1) is 0 Å². The molecule has 0 bridgehead atoms. The van der Waals surface area contributed by atoms with Crippen molar-refractivity contribution < 1.29 is 23.8 Å². The third-order valence-corrected chi connectivity index (χ3v) is 8.49. The molecule has 0 saturated heterocycles. The van der Waals surface area contributed by atoms with Gasteiger partial charge in [-0.2, -0.15) is 0 Å². The van der Waals surface area contributed by atoms with Gasteiger partial charge >= 0.3 is 5.97 Å². The van der Waals surface area contributed by atoms with Gasteiger partial charge in [-0.1, -0.05) is 106 Å². The molecule has 0 saturated carbocycles. The van der Waals surface area contributed by atoms with Crippen molar-refractivity contribution in [1.82, 2.24) is 0 Å². The topological polar surface area (TPSA) is 57.5 Å². The Morgan fingerprint density at radius 2 is 1.41 bits per heavy atom. The third-order valence-electron chi connectivity index (χ3n) is 7.24. The first kappa shape index (κ1) is 34.1. The molecule has 1 aromatic rings. The molecule has 3 nitrogen and oxygen atoms in total. The third kappa shape index (κ3) is 15.9. The number of carboxylic acid groups (broad SMARTS) is 1. The van der Waals surface area contributed by atoms with Crippen molar-refractivity contribution >= 4 is 28.6 Å². The molecule has 0 aromatic heterocycles. The number of carbonyl (C=O) groups is 1. The molecule has 0 aliphatic rings. The minimum Gasteiger partial charge on any atom is -0.508 e. The lowest BCUT2D eigenvalue weighted by Crippen LogP contribution is -2.08. The van der Waals surface area contributed by atoms with Crippen molar-refractivity contribution in [1.29, 1.82) is 0 Å². The molecule has 1 rings (SSSR count). The summed E-state index contributed by atoms with van der Waals surface area (Å²) in [6.07, 6.45) is 15.9. The fraction of sp³-hybridized carbons (Fsp3) is 0.774. The first-order chi connectivity index (χ1) is 17.8. The van der Waals surface area contributed by atoms with Crippen LogP contribution < -0.4 is 0 Å². The fourth-order valence-corrected chi connectivity index (χ4v) is 6.13. The second-order valence-corrected chi connectivity index (χ2v) is 12.2. The molecular formula is C31H51F2IO3. The van der Waals surface area contributed by atoms with Gasteiger partial charge in [0, 0.05) is 15.9 Å². The highest BCUT2D eigenvalue weighted by Gasteiger charge is 2.21. The highest BCUT2D eigenvalue weighted by Crippen LogP contribution is 2.40. The maximum Gasteiger partial charge on any atom is 0.303 e. The normalized spacial score (nSPS) is 14.0. The van der Waals surface area contributed by atoms with Crippen LogP contribution in [0.2, 0.25) is 0 Å². The number of aromatic hydroxyl groups is 1. The highest BCUT2D eigenvalue weighted by molar-refractivity contribution is 14.1. The average Bonchev–Trinajstić information content (AvgIpc) is 2.85. The SMILES string of the molecule is CCCCCCCCCCCCCC(F)CCCC(I)c1c(O)ccc(CCC(=O)O)c1CCC(C)F. The zero-order chi connectivity index (χ0) is 27.5. The van der Waals surface area contributed by atoms with Crippen LogP contribution in [0.15, 0.2) is 12.1 Å². The van der Waals surface area contributed by atoms with Crippen molar-refractivity contribution in [2.24, 2.45) is 0 Å². The molecule has 0 radical (unpaired) electrons. The number of hydrogen-bond acceptors (Lipinski definition) is 2. The number of halogens is 3. The van der Waals surface area contributed by atoms with Crippen molar-refractivity contribution in [2.75, 3.05) is 0 Å². The Morgan fingerprint density at radius 3 is 1.97 bits per heavy atom. The molecule has 0 heterocycles. The van der Waals surface area contributed by atoms with Gasteiger partial charge in [-0.05, 0) is 69.1 Å². The van der Waals surface area contributed by atoms with Gasteiger partial charge in [0.05, 0.1) is 6.17 Å². The summed E-state index contributed by atoms with van der Waals surface area (Å²) in [7, 11) is 0. The van der Waals surface area contributed by atoms with E-state index in [1.165, 1.54) is 64.7 Å². The standard InChI is InChI=1S/C31H51F2IO3/c1-3-4-5-6-7-8-9-10-11-12-13-15-26(33)16-14-17-28(34)31-27(21-18-24(2)32)25(19-22-29(31)35)20-23-30(36)37/h19,22,24,26,28,35H,3-18,20-21,23H2,1-2H3,(H,36,37). The van der Waals surface area contributed by atoms with Gasteiger partial charge < -0.3 is 10.2 Å². The van der Waals surface area contributed by atoms with Gasteiger partial charge in [-0.25, -0.2) is 8.78 Å². The molecule has 214 valence electrons. The zero-order valence-electron chi connectivity index (χ0n) is 23.3. The van der Waals surface area contributed by atoms with Crippen LogP contribution in [0, 0.1) is 0 Å². The highest BCUT2D eigenvalue weighted by atomic mass is 127. The number of aryl methyl sites for hydroxylation is 1. The number of alkyl halides is 3. The summed E-state index contributed by atoms with van der Waals surface area (Å²) in [6, 6.07) is 3.37. The Morgan fingerprint density at radius 1 is 0.838 bits per heavy atom. The monoisotopic (exact) mass is 636 g/mol. The first-order valence-corrected chi connectivity index (χ1v) is 16.0. The predicted molar refractivity (Wildman–Crippen MR) is 160 cm³/mol. The smallest absolute Gasteiger partial charge is 0.303 e. The number of phenols is 1. The van der Waals surface area contributed by atoms with E-state index < -0.39 is 18.3 Å². The van der Waals surface area contributed by atoms with Crippen LogP contribution in [0.4, 0.5) is 8.78 Å². The van der Waals surface area contributed by atoms with Gasteiger partial charge in [0.15, 0.2) is 0 Å². The summed E-state index contributed by atoms with van der Waals surface area (Å²) < 4.78 is 28.1. The number of aliphatic carboxylic acids is 1. The second-order valence-electron chi connectivity index (χ2n) is 10.7. The lowest BCUT2D eigenvalue weighted by Gasteiger charge is -2.21. The summed E-state index contributed by atoms with van der Waals surface area (Å²) in [5.41, 5.74) is 2.49. The Kier molecular flexibility index (Phi) is 19.3. The van der Waals surface area contributed by atoms with Crippen LogP contribution >= 0.6 is 22.6 Å². The molecule has 0 aliphatic heterocycles. The van der Waals surface area contributed by atoms with E-state index in [0.29, 0.717) is 32.1 Å². The molecule has 37 heavy (non-hydrogen) atoms. The van der Waals surface area contributed by atoms with Crippen LogP contribution in [-0.4, -0.2) is 28.5 Å². The summed E-state index contributed by atoms with van der Waals surface area (Å²) in [5, 5.41) is 19.7. The van der Waals surface area contributed by atoms with Crippen molar-refractivity contribution in [3.05, 3.63) is 28.8 Å². The van der Waals surface area contributed by atoms with Crippen LogP contribution in [0.5, 0.6) is 5.75 Å². The zero-order valence-corrected chi connectivity index (χ0v) is 25.4. The summed E-state index contributed by atoms with van der Waals surface area (Å²) in [5.74, 6) is -0.713. The minimum absolute atomic E-state index is 0.00309. The van der Waals surface area contributed by atoms with Crippen molar-refractivity contribution in [2.45, 2.75) is 152 Å². The Bertz CT molecular complexity index is 741. The molecule has 2 N–H and O–H groups in total. The summed E-state index contributed by atoms with van der Waals surface area (Å²) in [4.78, 5) is 11.1. The number of carboxylic acids is 1. The Balaban J connectivity index is 2.41. The Hall–Kier alpha value is -0.920. The molecule has 6 heteroatoms. The van der Waals surface area contributed by atoms with Crippen LogP contribution in [-0.2, 0) is 17.6 Å². The largest absolute Gasteiger partial charge is 0.508 e. The Labute approximate surface area is 238 Å². The molecule has 0 aliphatic carbocycles. The van der Waals surface area contributed by atoms with Gasteiger partial charge in [-0.3, -0.25) is 4.79 Å². The maximum absolute atomic E-state index is 14.5. The van der Waals surface area contributed by atoms with Crippen LogP contribution in [0.3, 0.4) is 0 Å². The van der Waals surface area contributed by atoms with Crippen LogP contribution in [0.1, 0.15) is 144 Å². The van der Waals surface area contributed by atoms with E-state index >= 15 is 0 Å². The van der Waals surface area contributed by atoms with Crippen molar-refractivity contribution in [3.8, 4) is 5.75 Å². The van der Waals surface area contributed by atoms with E-state index in [0.717, 1.165) is 42.4 Å². The number of hydrogen-bond donors (Lipinski definition) is 2. The summed E-state index contributed by atoms with van der Waals surface area (Å²) >= 11 is 2.29. The molecule has 3 unspecified atom stereocenters. The minimum atomic E-state index is -0.974. The quantitative estimate of drug-likeness (QED) is 0.0714. The fourth-order valence-electron chi connectivity index (χ4n) is 5.00. The maximum atomic E-state index is 14.5. The second kappa shape index (κ2) is 21.0. The summed E-state index contributed by atoms with van der Waals surface area (Å²) in [6.45, 7) is 3.76. The van der Waals surface area contributed by atoms with Gasteiger partial charge in [0.1, 0.15) is 11.9 Å². The number of phenolic OH excluding ortho intramolecular Hbond substituents is 1. The van der Waals surface area contributed by atoms with E-state index in [4.69, 9.17) is 5.11 Å². The molecule has 0 spiro atoms.